The van der Waals surface area contributed by atoms with Gasteiger partial charge in [-0.05, 0) is 65.7 Å². The van der Waals surface area contributed by atoms with Gasteiger partial charge in [0, 0.05) is 37.8 Å². The highest BCUT2D eigenvalue weighted by Gasteiger charge is 2.28. The number of amides is 3. The lowest BCUT2D eigenvalue weighted by Gasteiger charge is -2.41. The SMILES string of the molecule is COc1ccc(NC(=O)Nc2cc(C(N)=O)ccc2N2CCN(C(c3ccc(F)cc3)c3ccc(F)cc3)CC2)c(OC)c1. The maximum Gasteiger partial charge on any atom is 0.323 e. The van der Waals surface area contributed by atoms with E-state index in [9.17, 15) is 18.4 Å². The zero-order chi connectivity index (χ0) is 31.2. The number of halogens is 2. The van der Waals surface area contributed by atoms with E-state index in [-0.39, 0.29) is 23.2 Å². The van der Waals surface area contributed by atoms with Gasteiger partial charge in [0.15, 0.2) is 0 Å². The molecule has 4 aromatic rings. The molecule has 1 aliphatic heterocycles. The molecule has 11 heteroatoms. The van der Waals surface area contributed by atoms with Crippen LogP contribution in [-0.2, 0) is 0 Å². The molecule has 1 saturated heterocycles. The zero-order valence-corrected chi connectivity index (χ0v) is 24.3. The first-order chi connectivity index (χ1) is 21.2. The van der Waals surface area contributed by atoms with Crippen molar-refractivity contribution in [3.05, 3.63) is 113 Å². The second kappa shape index (κ2) is 13.4. The maximum absolute atomic E-state index is 13.7. The second-order valence-electron chi connectivity index (χ2n) is 10.3. The summed E-state index contributed by atoms with van der Waals surface area (Å²) in [6.45, 7) is 2.40. The summed E-state index contributed by atoms with van der Waals surface area (Å²) < 4.78 is 38.1. The topological polar surface area (TPSA) is 109 Å². The molecule has 0 aromatic heterocycles. The van der Waals surface area contributed by atoms with Gasteiger partial charge in [-0.3, -0.25) is 9.69 Å². The van der Waals surface area contributed by atoms with E-state index in [4.69, 9.17) is 15.2 Å². The first kappa shape index (κ1) is 30.3. The predicted molar refractivity (Wildman–Crippen MR) is 166 cm³/mol. The largest absolute Gasteiger partial charge is 0.497 e. The summed E-state index contributed by atoms with van der Waals surface area (Å²) in [6.07, 6.45) is 0. The highest BCUT2D eigenvalue weighted by atomic mass is 19.1. The first-order valence-electron chi connectivity index (χ1n) is 14.0. The molecule has 44 heavy (non-hydrogen) atoms. The lowest BCUT2D eigenvalue weighted by Crippen LogP contribution is -2.48. The van der Waals surface area contributed by atoms with Crippen LogP contribution >= 0.6 is 0 Å². The molecule has 9 nitrogen and oxygen atoms in total. The monoisotopic (exact) mass is 601 g/mol. The summed E-state index contributed by atoms with van der Waals surface area (Å²) in [5.41, 5.74) is 9.14. The number of nitrogens with two attached hydrogens (primary N) is 1. The van der Waals surface area contributed by atoms with Crippen molar-refractivity contribution in [2.24, 2.45) is 5.73 Å². The fourth-order valence-corrected chi connectivity index (χ4v) is 5.37. The zero-order valence-electron chi connectivity index (χ0n) is 24.3. The van der Waals surface area contributed by atoms with Crippen molar-refractivity contribution < 1.29 is 27.8 Å². The number of hydrogen-bond donors (Lipinski definition) is 3. The van der Waals surface area contributed by atoms with E-state index in [1.54, 1.807) is 60.7 Å². The Labute approximate surface area is 254 Å². The summed E-state index contributed by atoms with van der Waals surface area (Å²) in [5, 5.41) is 5.64. The summed E-state index contributed by atoms with van der Waals surface area (Å²) in [6, 6.07) is 21.9. The maximum atomic E-state index is 13.7. The van der Waals surface area contributed by atoms with Crippen molar-refractivity contribution in [3.63, 3.8) is 0 Å². The van der Waals surface area contributed by atoms with Gasteiger partial charge in [0.2, 0.25) is 5.91 Å². The summed E-state index contributed by atoms with van der Waals surface area (Å²) >= 11 is 0. The molecule has 0 atom stereocenters. The molecule has 3 amide bonds. The van der Waals surface area contributed by atoms with Crippen LogP contribution in [0, 0.1) is 11.6 Å². The first-order valence-corrected chi connectivity index (χ1v) is 14.0. The third-order valence-corrected chi connectivity index (χ3v) is 7.58. The number of rotatable bonds is 9. The van der Waals surface area contributed by atoms with E-state index in [0.717, 1.165) is 11.1 Å². The van der Waals surface area contributed by atoms with Gasteiger partial charge in [-0.2, -0.15) is 0 Å². The van der Waals surface area contributed by atoms with Crippen LogP contribution in [0.3, 0.4) is 0 Å². The molecule has 1 aliphatic rings. The van der Waals surface area contributed by atoms with Crippen molar-refractivity contribution in [2.75, 3.05) is 55.9 Å². The smallest absolute Gasteiger partial charge is 0.323 e. The Balaban J connectivity index is 1.36. The average Bonchev–Trinajstić information content (AvgIpc) is 3.03. The van der Waals surface area contributed by atoms with Crippen LogP contribution in [0.15, 0.2) is 84.9 Å². The number of anilines is 3. The Kier molecular flexibility index (Phi) is 9.25. The minimum absolute atomic E-state index is 0.210. The summed E-state index contributed by atoms with van der Waals surface area (Å²) in [4.78, 5) is 29.5. The van der Waals surface area contributed by atoms with Crippen molar-refractivity contribution in [1.29, 1.82) is 0 Å². The fourth-order valence-electron chi connectivity index (χ4n) is 5.37. The van der Waals surface area contributed by atoms with Gasteiger partial charge >= 0.3 is 6.03 Å². The van der Waals surface area contributed by atoms with Crippen molar-refractivity contribution >= 4 is 29.0 Å². The molecule has 1 fully saturated rings. The molecule has 0 radical (unpaired) electrons. The lowest BCUT2D eigenvalue weighted by molar-refractivity contribution is 0.1000. The van der Waals surface area contributed by atoms with Crippen LogP contribution in [0.2, 0.25) is 0 Å². The number of carbonyl (C=O) groups excluding carboxylic acids is 2. The molecule has 0 bridgehead atoms. The molecule has 0 spiro atoms. The van der Waals surface area contributed by atoms with E-state index < -0.39 is 11.9 Å². The van der Waals surface area contributed by atoms with Gasteiger partial charge in [0.1, 0.15) is 23.1 Å². The van der Waals surface area contributed by atoms with Gasteiger partial charge in [-0.25, -0.2) is 13.6 Å². The molecule has 0 unspecified atom stereocenters. The Hall–Kier alpha value is -5.16. The lowest BCUT2D eigenvalue weighted by atomic mass is 9.96. The fraction of sp³-hybridized carbons (Fsp3) is 0.212. The highest BCUT2D eigenvalue weighted by molar-refractivity contribution is 6.04. The number of urea groups is 1. The molecule has 1 heterocycles. The van der Waals surface area contributed by atoms with E-state index in [2.05, 4.69) is 20.4 Å². The number of hydrogen-bond acceptors (Lipinski definition) is 6. The number of benzene rings is 4. The Bertz CT molecular complexity index is 1580. The van der Waals surface area contributed by atoms with E-state index in [1.807, 2.05) is 0 Å². The third-order valence-electron chi connectivity index (χ3n) is 7.58. The van der Waals surface area contributed by atoms with Crippen LogP contribution in [0.5, 0.6) is 11.5 Å². The van der Waals surface area contributed by atoms with E-state index in [0.29, 0.717) is 54.7 Å². The standard InChI is InChI=1S/C33H33F2N5O4/c1-43-26-12-13-27(30(20-26)44-2)37-33(42)38-28-19-23(32(36)41)7-14-29(28)39-15-17-40(18-16-39)31(21-3-8-24(34)9-4-21)22-5-10-25(35)11-6-22/h3-14,19-20,31H,15-18H2,1-2H3,(H2,36,41)(H2,37,38,42). The van der Waals surface area contributed by atoms with Crippen molar-refractivity contribution in [2.45, 2.75) is 6.04 Å². The van der Waals surface area contributed by atoms with Gasteiger partial charge < -0.3 is 30.7 Å². The molecular weight excluding hydrogens is 568 g/mol. The number of carbonyl (C=O) groups is 2. The normalized spacial score (nSPS) is 13.4. The molecule has 0 aliphatic carbocycles. The van der Waals surface area contributed by atoms with Crippen LogP contribution in [0.4, 0.5) is 30.6 Å². The Morgan fingerprint density at radius 3 is 1.89 bits per heavy atom. The van der Waals surface area contributed by atoms with Gasteiger partial charge in [0.25, 0.3) is 0 Å². The number of nitrogens with one attached hydrogen (secondary N) is 2. The van der Waals surface area contributed by atoms with Crippen molar-refractivity contribution in [3.8, 4) is 11.5 Å². The molecule has 228 valence electrons. The number of primary amides is 1. The predicted octanol–water partition coefficient (Wildman–Crippen LogP) is 5.64. The number of ether oxygens (including phenoxy) is 2. The summed E-state index contributed by atoms with van der Waals surface area (Å²) in [5.74, 6) is -0.290. The average molecular weight is 602 g/mol. The third kappa shape index (κ3) is 6.90. The van der Waals surface area contributed by atoms with Crippen molar-refractivity contribution in [1.82, 2.24) is 4.90 Å². The Morgan fingerprint density at radius 1 is 0.750 bits per heavy atom. The molecular formula is C33H33F2N5O4. The Morgan fingerprint density at radius 2 is 1.34 bits per heavy atom. The van der Waals surface area contributed by atoms with Crippen LogP contribution in [-0.4, -0.2) is 57.2 Å². The van der Waals surface area contributed by atoms with Crippen LogP contribution in [0.1, 0.15) is 27.5 Å². The molecule has 0 saturated carbocycles. The second-order valence-corrected chi connectivity index (χ2v) is 10.3. The molecule has 5 rings (SSSR count). The van der Waals surface area contributed by atoms with Crippen LogP contribution < -0.4 is 30.7 Å². The number of piperazine rings is 1. The minimum atomic E-state index is -0.622. The van der Waals surface area contributed by atoms with Gasteiger partial charge in [0.05, 0.1) is 37.3 Å². The quantitative estimate of drug-likeness (QED) is 0.229. The highest BCUT2D eigenvalue weighted by Crippen LogP contribution is 2.34. The minimum Gasteiger partial charge on any atom is -0.497 e. The molecule has 4 N–H and O–H groups in total. The number of nitrogens with zero attached hydrogens (tertiary/aromatic N) is 2. The summed E-state index contributed by atoms with van der Waals surface area (Å²) in [7, 11) is 3.02. The van der Waals surface area contributed by atoms with Crippen LogP contribution in [0.25, 0.3) is 0 Å². The number of methoxy groups -OCH3 is 2. The van der Waals surface area contributed by atoms with E-state index >= 15 is 0 Å². The molecule has 4 aromatic carbocycles. The van der Waals surface area contributed by atoms with E-state index in [1.165, 1.54) is 38.5 Å². The van der Waals surface area contributed by atoms with Gasteiger partial charge in [-0.15, -0.1) is 0 Å². The van der Waals surface area contributed by atoms with Gasteiger partial charge in [-0.1, -0.05) is 24.3 Å².